The minimum Gasteiger partial charge on any atom is -0.452 e. The molecule has 2 rings (SSSR count). The average Bonchev–Trinajstić information content (AvgIpc) is 2.61. The monoisotopic (exact) mass is 493 g/mol. The molecule has 9 heteroatoms. The van der Waals surface area contributed by atoms with E-state index < -0.39 is 31.3 Å². The van der Waals surface area contributed by atoms with Gasteiger partial charge < -0.3 is 14.8 Å². The van der Waals surface area contributed by atoms with Gasteiger partial charge in [-0.1, -0.05) is 24.3 Å². The van der Waals surface area contributed by atoms with Crippen LogP contribution < -0.4 is 5.32 Å². The minimum atomic E-state index is -4.39. The van der Waals surface area contributed by atoms with Crippen LogP contribution in [0.15, 0.2) is 48.5 Å². The van der Waals surface area contributed by atoms with Gasteiger partial charge in [-0.2, -0.15) is 13.2 Å². The largest absolute Gasteiger partial charge is 0.452 e. The van der Waals surface area contributed by atoms with Crippen LogP contribution in [-0.4, -0.2) is 31.3 Å². The first-order chi connectivity index (χ1) is 12.7. The van der Waals surface area contributed by atoms with E-state index in [2.05, 4.69) is 32.6 Å². The quantitative estimate of drug-likeness (QED) is 0.465. The highest BCUT2D eigenvalue weighted by Crippen LogP contribution is 2.17. The number of benzene rings is 2. The Hall–Kier alpha value is -2.14. The molecule has 0 bridgehead atoms. The summed E-state index contributed by atoms with van der Waals surface area (Å²) in [5, 5.41) is 2.63. The Labute approximate surface area is 167 Å². The third-order valence-corrected chi connectivity index (χ3v) is 4.15. The number of anilines is 1. The molecule has 0 aromatic heterocycles. The van der Waals surface area contributed by atoms with E-state index in [9.17, 15) is 22.8 Å². The molecule has 0 spiro atoms. The van der Waals surface area contributed by atoms with Crippen LogP contribution in [0.3, 0.4) is 0 Å². The summed E-state index contributed by atoms with van der Waals surface area (Å²) in [6.07, 6.45) is -4.39. The zero-order chi connectivity index (χ0) is 19.9. The predicted molar refractivity (Wildman–Crippen MR) is 100 cm³/mol. The number of amides is 1. The molecule has 0 fully saturated rings. The molecular weight excluding hydrogens is 478 g/mol. The first kappa shape index (κ1) is 21.2. The van der Waals surface area contributed by atoms with Crippen LogP contribution in [0, 0.1) is 3.57 Å². The lowest BCUT2D eigenvalue weighted by Gasteiger charge is -2.09. The zero-order valence-electron chi connectivity index (χ0n) is 13.9. The number of rotatable bonds is 7. The SMILES string of the molecule is O=C(COC(=O)c1ccc(COCC(F)(F)F)cc1)Nc1ccccc1I. The molecule has 0 aliphatic carbocycles. The molecule has 1 amide bonds. The van der Waals surface area contributed by atoms with Gasteiger partial charge in [0.1, 0.15) is 6.61 Å². The molecule has 0 saturated heterocycles. The fraction of sp³-hybridized carbons (Fsp3) is 0.222. The molecule has 2 aromatic rings. The van der Waals surface area contributed by atoms with Crippen LogP contribution in [0.5, 0.6) is 0 Å². The van der Waals surface area contributed by atoms with Gasteiger partial charge in [0.2, 0.25) is 0 Å². The number of para-hydroxylation sites is 1. The Bertz CT molecular complexity index is 794. The van der Waals surface area contributed by atoms with Crippen LogP contribution in [0.4, 0.5) is 18.9 Å². The highest BCUT2D eigenvalue weighted by Gasteiger charge is 2.27. The first-order valence-corrected chi connectivity index (χ1v) is 8.77. The molecule has 27 heavy (non-hydrogen) atoms. The Morgan fingerprint density at radius 2 is 1.70 bits per heavy atom. The topological polar surface area (TPSA) is 64.6 Å². The van der Waals surface area contributed by atoms with E-state index in [1.54, 1.807) is 12.1 Å². The predicted octanol–water partition coefficient (Wildman–Crippen LogP) is 4.17. The number of carbonyl (C=O) groups is 2. The van der Waals surface area contributed by atoms with Crippen molar-refractivity contribution in [2.75, 3.05) is 18.5 Å². The molecule has 0 aliphatic heterocycles. The molecule has 0 radical (unpaired) electrons. The number of carbonyl (C=O) groups excluding carboxylic acids is 2. The van der Waals surface area contributed by atoms with Crippen LogP contribution in [0.2, 0.25) is 0 Å². The third-order valence-electron chi connectivity index (χ3n) is 3.21. The Morgan fingerprint density at radius 1 is 1.04 bits per heavy atom. The second-order valence-corrected chi connectivity index (χ2v) is 6.57. The van der Waals surface area contributed by atoms with Crippen molar-refractivity contribution in [1.29, 1.82) is 0 Å². The fourth-order valence-electron chi connectivity index (χ4n) is 1.98. The maximum absolute atomic E-state index is 12.0. The van der Waals surface area contributed by atoms with E-state index in [4.69, 9.17) is 4.74 Å². The van der Waals surface area contributed by atoms with E-state index >= 15 is 0 Å². The summed E-state index contributed by atoms with van der Waals surface area (Å²) in [5.41, 5.74) is 1.27. The van der Waals surface area contributed by atoms with E-state index in [0.29, 0.717) is 11.3 Å². The smallest absolute Gasteiger partial charge is 0.411 e. The molecule has 0 saturated carbocycles. The van der Waals surface area contributed by atoms with Gasteiger partial charge in [0.05, 0.1) is 17.9 Å². The summed E-state index contributed by atoms with van der Waals surface area (Å²) in [7, 11) is 0. The molecule has 1 N–H and O–H groups in total. The maximum atomic E-state index is 12.0. The summed E-state index contributed by atoms with van der Waals surface area (Å²) in [4.78, 5) is 23.8. The van der Waals surface area contributed by atoms with E-state index in [1.807, 2.05) is 12.1 Å². The summed E-state index contributed by atoms with van der Waals surface area (Å²) >= 11 is 2.07. The lowest BCUT2D eigenvalue weighted by atomic mass is 10.1. The van der Waals surface area contributed by atoms with Crippen molar-refractivity contribution in [3.05, 3.63) is 63.2 Å². The van der Waals surface area contributed by atoms with Crippen molar-refractivity contribution in [3.63, 3.8) is 0 Å². The van der Waals surface area contributed by atoms with Crippen molar-refractivity contribution in [1.82, 2.24) is 0 Å². The van der Waals surface area contributed by atoms with Crippen molar-refractivity contribution >= 4 is 40.2 Å². The number of hydrogen-bond donors (Lipinski definition) is 1. The number of nitrogens with one attached hydrogen (secondary N) is 1. The molecule has 5 nitrogen and oxygen atoms in total. The number of alkyl halides is 3. The lowest BCUT2D eigenvalue weighted by molar-refractivity contribution is -0.176. The van der Waals surface area contributed by atoms with Gasteiger partial charge in [0.25, 0.3) is 5.91 Å². The lowest BCUT2D eigenvalue weighted by Crippen LogP contribution is -2.21. The Morgan fingerprint density at radius 3 is 2.33 bits per heavy atom. The van der Waals surface area contributed by atoms with Gasteiger partial charge in [-0.3, -0.25) is 4.79 Å². The number of hydrogen-bond acceptors (Lipinski definition) is 4. The highest BCUT2D eigenvalue weighted by molar-refractivity contribution is 14.1. The van der Waals surface area contributed by atoms with Crippen molar-refractivity contribution < 1.29 is 32.2 Å². The number of halogens is 4. The fourth-order valence-corrected chi connectivity index (χ4v) is 2.51. The summed E-state index contributed by atoms with van der Waals surface area (Å²) in [5.74, 6) is -1.19. The van der Waals surface area contributed by atoms with Crippen molar-refractivity contribution in [2.45, 2.75) is 12.8 Å². The zero-order valence-corrected chi connectivity index (χ0v) is 16.0. The van der Waals surface area contributed by atoms with Crippen molar-refractivity contribution in [3.8, 4) is 0 Å². The number of esters is 1. The Kier molecular flexibility index (Phi) is 7.60. The minimum absolute atomic E-state index is 0.177. The van der Waals surface area contributed by atoms with Crippen LogP contribution in [0.25, 0.3) is 0 Å². The molecule has 2 aromatic carbocycles. The summed E-state index contributed by atoms with van der Waals surface area (Å²) in [6.45, 7) is -2.03. The first-order valence-electron chi connectivity index (χ1n) is 7.69. The average molecular weight is 493 g/mol. The number of ether oxygens (including phenoxy) is 2. The van der Waals surface area contributed by atoms with Gasteiger partial charge >= 0.3 is 12.1 Å². The second-order valence-electron chi connectivity index (χ2n) is 5.41. The van der Waals surface area contributed by atoms with E-state index in [1.165, 1.54) is 24.3 Å². The molecule has 144 valence electrons. The van der Waals surface area contributed by atoms with Crippen molar-refractivity contribution in [2.24, 2.45) is 0 Å². The normalized spacial score (nSPS) is 11.1. The van der Waals surface area contributed by atoms with Gasteiger partial charge in [0.15, 0.2) is 6.61 Å². The third kappa shape index (κ3) is 7.55. The van der Waals surface area contributed by atoms with Gasteiger partial charge in [-0.15, -0.1) is 0 Å². The highest BCUT2D eigenvalue weighted by atomic mass is 127. The molecule has 0 unspecified atom stereocenters. The molecule has 0 atom stereocenters. The van der Waals surface area contributed by atoms with Gasteiger partial charge in [0, 0.05) is 3.57 Å². The van der Waals surface area contributed by atoms with Crippen LogP contribution >= 0.6 is 22.6 Å². The standard InChI is InChI=1S/C18H15F3INO4/c19-18(20,21)11-26-9-12-5-7-13(8-6-12)17(25)27-10-16(24)23-15-4-2-1-3-14(15)22/h1-8H,9-11H2,(H,23,24). The Balaban J connectivity index is 1.80. The molecule has 0 aliphatic rings. The van der Waals surface area contributed by atoms with Gasteiger partial charge in [-0.05, 0) is 52.4 Å². The summed E-state index contributed by atoms with van der Waals surface area (Å²) in [6, 6.07) is 12.8. The maximum Gasteiger partial charge on any atom is 0.411 e. The van der Waals surface area contributed by atoms with E-state index in [-0.39, 0.29) is 12.2 Å². The molecule has 0 heterocycles. The van der Waals surface area contributed by atoms with Crippen LogP contribution in [0.1, 0.15) is 15.9 Å². The summed E-state index contributed by atoms with van der Waals surface area (Å²) < 4.78 is 46.4. The second kappa shape index (κ2) is 9.70. The van der Waals surface area contributed by atoms with E-state index in [0.717, 1.165) is 3.57 Å². The van der Waals surface area contributed by atoms with Gasteiger partial charge in [-0.25, -0.2) is 4.79 Å². The van der Waals surface area contributed by atoms with Crippen LogP contribution in [-0.2, 0) is 20.9 Å². The molecular formula is C18H15F3INO4.